The molecule has 1 aromatic carbocycles. The maximum Gasteiger partial charge on any atom is 0.243 e. The molecule has 0 spiro atoms. The van der Waals surface area contributed by atoms with Crippen molar-refractivity contribution in [3.05, 3.63) is 34.3 Å². The number of nitrogens with one attached hydrogen (secondary N) is 1. The van der Waals surface area contributed by atoms with Crippen LogP contribution in [0.15, 0.2) is 18.2 Å². The summed E-state index contributed by atoms with van der Waals surface area (Å²) in [6, 6.07) is 5.95. The van der Waals surface area contributed by atoms with E-state index in [1.807, 2.05) is 25.1 Å². The van der Waals surface area contributed by atoms with Crippen molar-refractivity contribution < 1.29 is 9.53 Å². The smallest absolute Gasteiger partial charge is 0.243 e. The molecule has 1 rings (SSSR count). The topological polar surface area (TPSA) is 64.3 Å². The zero-order chi connectivity index (χ0) is 12.7. The Morgan fingerprint density at radius 2 is 2.29 bits per heavy atom. The van der Waals surface area contributed by atoms with Gasteiger partial charge in [-0.05, 0) is 24.1 Å². The van der Waals surface area contributed by atoms with Crippen molar-refractivity contribution in [2.45, 2.75) is 13.5 Å². The molecule has 0 radical (unpaired) electrons. The fourth-order valence-electron chi connectivity index (χ4n) is 1.34. The lowest BCUT2D eigenvalue weighted by Gasteiger charge is -2.07. The first-order chi connectivity index (χ1) is 8.09. The zero-order valence-corrected chi connectivity index (χ0v) is 10.6. The number of aryl methyl sites for hydroxylation is 1. The number of benzene rings is 1. The number of nitrogens with two attached hydrogens (primary N) is 1. The van der Waals surface area contributed by atoms with Gasteiger partial charge in [0, 0.05) is 18.1 Å². The minimum atomic E-state index is -0.452. The fraction of sp³-hybridized carbons (Fsp3) is 0.417. The van der Waals surface area contributed by atoms with E-state index in [0.717, 1.165) is 16.1 Å². The molecule has 5 heteroatoms. The zero-order valence-electron chi connectivity index (χ0n) is 9.83. The highest BCUT2D eigenvalue weighted by atomic mass is 35.5. The number of ether oxygens (including phenoxy) is 1. The molecule has 94 valence electrons. The third-order valence-electron chi connectivity index (χ3n) is 2.19. The minimum absolute atomic E-state index is 0.0348. The molecular weight excluding hydrogens is 240 g/mol. The van der Waals surface area contributed by atoms with E-state index in [2.05, 4.69) is 5.32 Å². The summed E-state index contributed by atoms with van der Waals surface area (Å²) in [6.07, 6.45) is 0. The number of carbonyl (C=O) groups is 1. The summed E-state index contributed by atoms with van der Waals surface area (Å²) in [7, 11) is 0. The number of hydrogen-bond donors (Lipinski definition) is 2. The number of hydrogen-bond acceptors (Lipinski definition) is 3. The van der Waals surface area contributed by atoms with Gasteiger partial charge in [0.25, 0.3) is 0 Å². The molecule has 0 aliphatic heterocycles. The normalized spacial score (nSPS) is 10.5. The second-order valence-electron chi connectivity index (χ2n) is 3.79. The van der Waals surface area contributed by atoms with E-state index in [-0.39, 0.29) is 6.61 Å². The molecule has 0 fully saturated rings. The minimum Gasteiger partial charge on any atom is -0.370 e. The lowest BCUT2D eigenvalue weighted by Crippen LogP contribution is -2.23. The van der Waals surface area contributed by atoms with Gasteiger partial charge in [0.15, 0.2) is 0 Å². The number of primary amides is 1. The average Bonchev–Trinajstić information content (AvgIpc) is 2.25. The van der Waals surface area contributed by atoms with Crippen LogP contribution in [0.3, 0.4) is 0 Å². The SMILES string of the molecule is Cc1ccc(CNCCOCC(N)=O)c(Cl)c1. The predicted molar refractivity (Wildman–Crippen MR) is 67.9 cm³/mol. The lowest BCUT2D eigenvalue weighted by atomic mass is 10.1. The molecule has 0 bridgehead atoms. The van der Waals surface area contributed by atoms with Gasteiger partial charge in [-0.2, -0.15) is 0 Å². The summed E-state index contributed by atoms with van der Waals surface area (Å²) in [5.74, 6) is -0.452. The van der Waals surface area contributed by atoms with Crippen LogP contribution in [-0.4, -0.2) is 25.7 Å². The van der Waals surface area contributed by atoms with Gasteiger partial charge in [-0.25, -0.2) is 0 Å². The van der Waals surface area contributed by atoms with Crippen LogP contribution in [0.5, 0.6) is 0 Å². The molecule has 0 aliphatic carbocycles. The lowest BCUT2D eigenvalue weighted by molar-refractivity contribution is -0.122. The van der Waals surface area contributed by atoms with E-state index in [1.54, 1.807) is 0 Å². The molecule has 1 amide bonds. The third kappa shape index (κ3) is 5.68. The van der Waals surface area contributed by atoms with E-state index in [9.17, 15) is 4.79 Å². The standard InChI is InChI=1S/C12H17ClN2O2/c1-9-2-3-10(11(13)6-9)7-15-4-5-17-8-12(14)16/h2-3,6,15H,4-5,7-8H2,1H3,(H2,14,16). The highest BCUT2D eigenvalue weighted by Crippen LogP contribution is 2.16. The summed E-state index contributed by atoms with van der Waals surface area (Å²) < 4.78 is 5.01. The molecule has 0 saturated heterocycles. The molecule has 0 heterocycles. The van der Waals surface area contributed by atoms with Crippen molar-refractivity contribution in [2.75, 3.05) is 19.8 Å². The molecule has 3 N–H and O–H groups in total. The number of amides is 1. The van der Waals surface area contributed by atoms with E-state index >= 15 is 0 Å². The van der Waals surface area contributed by atoms with E-state index in [1.165, 1.54) is 0 Å². The summed E-state index contributed by atoms with van der Waals surface area (Å²) in [5, 5.41) is 3.93. The first-order valence-corrected chi connectivity index (χ1v) is 5.79. The molecule has 1 aromatic rings. The quantitative estimate of drug-likeness (QED) is 0.722. The molecule has 0 saturated carbocycles. The number of halogens is 1. The Morgan fingerprint density at radius 1 is 1.53 bits per heavy atom. The van der Waals surface area contributed by atoms with Crippen LogP contribution in [0, 0.1) is 6.92 Å². The van der Waals surface area contributed by atoms with Gasteiger partial charge >= 0.3 is 0 Å². The highest BCUT2D eigenvalue weighted by molar-refractivity contribution is 6.31. The van der Waals surface area contributed by atoms with Crippen LogP contribution >= 0.6 is 11.6 Å². The van der Waals surface area contributed by atoms with Crippen LogP contribution < -0.4 is 11.1 Å². The Bertz CT molecular complexity index is 383. The van der Waals surface area contributed by atoms with E-state index < -0.39 is 5.91 Å². The van der Waals surface area contributed by atoms with Crippen molar-refractivity contribution in [2.24, 2.45) is 5.73 Å². The Labute approximate surface area is 106 Å². The summed E-state index contributed by atoms with van der Waals surface area (Å²) in [4.78, 5) is 10.4. The summed E-state index contributed by atoms with van der Waals surface area (Å²) >= 11 is 6.08. The van der Waals surface area contributed by atoms with Crippen LogP contribution in [0.2, 0.25) is 5.02 Å². The second-order valence-corrected chi connectivity index (χ2v) is 4.20. The van der Waals surface area contributed by atoms with Gasteiger partial charge in [-0.1, -0.05) is 23.7 Å². The summed E-state index contributed by atoms with van der Waals surface area (Å²) in [5.41, 5.74) is 7.12. The van der Waals surface area contributed by atoms with Crippen molar-refractivity contribution in [1.82, 2.24) is 5.32 Å². The van der Waals surface area contributed by atoms with Crippen LogP contribution in [0.1, 0.15) is 11.1 Å². The Morgan fingerprint density at radius 3 is 2.94 bits per heavy atom. The summed E-state index contributed by atoms with van der Waals surface area (Å²) in [6.45, 7) is 3.75. The van der Waals surface area contributed by atoms with Gasteiger partial charge in [0.05, 0.1) is 6.61 Å². The maximum atomic E-state index is 10.4. The van der Waals surface area contributed by atoms with Gasteiger partial charge < -0.3 is 15.8 Å². The highest BCUT2D eigenvalue weighted by Gasteiger charge is 2.00. The first-order valence-electron chi connectivity index (χ1n) is 5.41. The molecular formula is C12H17ClN2O2. The molecule has 4 nitrogen and oxygen atoms in total. The van der Waals surface area contributed by atoms with Gasteiger partial charge in [-0.15, -0.1) is 0 Å². The van der Waals surface area contributed by atoms with Crippen LogP contribution in [-0.2, 0) is 16.1 Å². The van der Waals surface area contributed by atoms with Crippen molar-refractivity contribution in [3.8, 4) is 0 Å². The van der Waals surface area contributed by atoms with Gasteiger partial charge in [-0.3, -0.25) is 4.79 Å². The Hall–Kier alpha value is -1.10. The van der Waals surface area contributed by atoms with Gasteiger partial charge in [0.1, 0.15) is 6.61 Å². The number of rotatable bonds is 7. The molecule has 0 aliphatic rings. The van der Waals surface area contributed by atoms with E-state index in [0.29, 0.717) is 19.7 Å². The maximum absolute atomic E-state index is 10.4. The molecule has 17 heavy (non-hydrogen) atoms. The van der Waals surface area contributed by atoms with E-state index in [4.69, 9.17) is 22.1 Å². The van der Waals surface area contributed by atoms with Crippen LogP contribution in [0.4, 0.5) is 0 Å². The van der Waals surface area contributed by atoms with Gasteiger partial charge in [0.2, 0.25) is 5.91 Å². The fourth-order valence-corrected chi connectivity index (χ4v) is 1.64. The van der Waals surface area contributed by atoms with Crippen molar-refractivity contribution >= 4 is 17.5 Å². The van der Waals surface area contributed by atoms with Crippen molar-refractivity contribution in [3.63, 3.8) is 0 Å². The second kappa shape index (κ2) is 7.27. The van der Waals surface area contributed by atoms with Crippen LogP contribution in [0.25, 0.3) is 0 Å². The molecule has 0 atom stereocenters. The third-order valence-corrected chi connectivity index (χ3v) is 2.54. The monoisotopic (exact) mass is 256 g/mol. The Balaban J connectivity index is 2.20. The number of carbonyl (C=O) groups excluding carboxylic acids is 1. The predicted octanol–water partition coefficient (Wildman–Crippen LogP) is 1.24. The van der Waals surface area contributed by atoms with Crippen molar-refractivity contribution in [1.29, 1.82) is 0 Å². The largest absolute Gasteiger partial charge is 0.370 e. The first kappa shape index (κ1) is 14.0. The Kier molecular flexibility index (Phi) is 5.97. The average molecular weight is 257 g/mol. The molecule has 0 aromatic heterocycles. The molecule has 0 unspecified atom stereocenters.